The van der Waals surface area contributed by atoms with Gasteiger partial charge in [-0.3, -0.25) is 0 Å². The van der Waals surface area contributed by atoms with Crippen LogP contribution >= 0.6 is 11.8 Å². The van der Waals surface area contributed by atoms with Crippen molar-refractivity contribution in [3.63, 3.8) is 0 Å². The third-order valence-corrected chi connectivity index (χ3v) is 4.25. The summed E-state index contributed by atoms with van der Waals surface area (Å²) >= 11 is 1.88. The number of hydrogen-bond acceptors (Lipinski definition) is 5. The molecule has 0 amide bonds. The molecule has 0 spiro atoms. The summed E-state index contributed by atoms with van der Waals surface area (Å²) in [5, 5.41) is 12.9. The van der Waals surface area contributed by atoms with E-state index in [0.717, 1.165) is 17.9 Å². The van der Waals surface area contributed by atoms with Gasteiger partial charge in [0.2, 0.25) is 11.7 Å². The Morgan fingerprint density at radius 1 is 1.47 bits per heavy atom. The van der Waals surface area contributed by atoms with Crippen molar-refractivity contribution in [1.29, 1.82) is 0 Å². The van der Waals surface area contributed by atoms with Gasteiger partial charge in [0.1, 0.15) is 0 Å². The molecule has 3 rings (SSSR count). The van der Waals surface area contributed by atoms with E-state index in [4.69, 9.17) is 9.63 Å². The summed E-state index contributed by atoms with van der Waals surface area (Å²) in [6, 6.07) is 6.56. The van der Waals surface area contributed by atoms with Crippen LogP contribution < -0.4 is 0 Å². The van der Waals surface area contributed by atoms with E-state index < -0.39 is 5.97 Å². The molecule has 98 valence electrons. The van der Waals surface area contributed by atoms with Gasteiger partial charge < -0.3 is 9.63 Å². The minimum absolute atomic E-state index is 0.222. The molecule has 0 bridgehead atoms. The molecular weight excluding hydrogens is 264 g/mol. The number of aromatic carboxylic acids is 1. The molecule has 1 fully saturated rings. The average Bonchev–Trinajstić information content (AvgIpc) is 3.09. The third kappa shape index (κ3) is 2.49. The highest BCUT2D eigenvalue weighted by Gasteiger charge is 2.23. The minimum Gasteiger partial charge on any atom is -0.478 e. The van der Waals surface area contributed by atoms with Crippen LogP contribution in [0, 0.1) is 0 Å². The lowest BCUT2D eigenvalue weighted by atomic mass is 10.1. The van der Waals surface area contributed by atoms with Crippen LogP contribution in [-0.2, 0) is 0 Å². The van der Waals surface area contributed by atoms with E-state index in [1.165, 1.54) is 0 Å². The molecule has 0 radical (unpaired) electrons. The second kappa shape index (κ2) is 5.05. The summed E-state index contributed by atoms with van der Waals surface area (Å²) in [5.41, 5.74) is 0.890. The van der Waals surface area contributed by atoms with Gasteiger partial charge in [-0.25, -0.2) is 4.79 Å². The first-order chi connectivity index (χ1) is 9.24. The van der Waals surface area contributed by atoms with Gasteiger partial charge in [0.05, 0.1) is 5.56 Å². The van der Waals surface area contributed by atoms with E-state index in [2.05, 4.69) is 10.1 Å². The number of hydrogen-bond donors (Lipinski definition) is 1. The maximum atomic E-state index is 10.9. The molecule has 1 aliphatic heterocycles. The van der Waals surface area contributed by atoms with Gasteiger partial charge in [-0.05, 0) is 24.3 Å². The molecule has 1 atom stereocenters. The maximum Gasteiger partial charge on any atom is 0.335 e. The molecular formula is C13H12N2O3S. The van der Waals surface area contributed by atoms with Crippen LogP contribution in [-0.4, -0.2) is 32.7 Å². The monoisotopic (exact) mass is 276 g/mol. The summed E-state index contributed by atoms with van der Waals surface area (Å²) in [6.07, 6.45) is 1.06. The molecule has 1 unspecified atom stereocenters. The molecule has 0 aliphatic carbocycles. The van der Waals surface area contributed by atoms with Crippen molar-refractivity contribution in [2.24, 2.45) is 0 Å². The first kappa shape index (κ1) is 12.2. The zero-order valence-corrected chi connectivity index (χ0v) is 10.9. The van der Waals surface area contributed by atoms with Crippen molar-refractivity contribution in [3.05, 3.63) is 35.7 Å². The van der Waals surface area contributed by atoms with Gasteiger partial charge in [-0.1, -0.05) is 17.3 Å². The normalized spacial score (nSPS) is 18.6. The summed E-state index contributed by atoms with van der Waals surface area (Å²) < 4.78 is 5.28. The van der Waals surface area contributed by atoms with Gasteiger partial charge in [0, 0.05) is 17.2 Å². The lowest BCUT2D eigenvalue weighted by molar-refractivity contribution is 0.0697. The summed E-state index contributed by atoms with van der Waals surface area (Å²) in [5.74, 6) is 2.61. The largest absolute Gasteiger partial charge is 0.478 e. The van der Waals surface area contributed by atoms with Crippen LogP contribution in [0.5, 0.6) is 0 Å². The Labute approximate surface area is 114 Å². The molecule has 5 nitrogen and oxygen atoms in total. The van der Waals surface area contributed by atoms with Crippen molar-refractivity contribution < 1.29 is 14.4 Å². The van der Waals surface area contributed by atoms with Gasteiger partial charge in [-0.15, -0.1) is 0 Å². The fourth-order valence-electron chi connectivity index (χ4n) is 2.04. The SMILES string of the molecule is O=C(O)c1cccc(-c2noc(C3CCSC3)n2)c1. The van der Waals surface area contributed by atoms with E-state index >= 15 is 0 Å². The van der Waals surface area contributed by atoms with Gasteiger partial charge in [0.15, 0.2) is 0 Å². The molecule has 2 heterocycles. The molecule has 19 heavy (non-hydrogen) atoms. The number of benzene rings is 1. The van der Waals surface area contributed by atoms with Crippen LogP contribution in [0.2, 0.25) is 0 Å². The van der Waals surface area contributed by atoms with Gasteiger partial charge >= 0.3 is 5.97 Å². The number of carbonyl (C=O) groups is 1. The Morgan fingerprint density at radius 3 is 3.11 bits per heavy atom. The first-order valence-corrected chi connectivity index (χ1v) is 7.14. The van der Waals surface area contributed by atoms with Crippen molar-refractivity contribution in [1.82, 2.24) is 10.1 Å². The second-order valence-electron chi connectivity index (χ2n) is 4.40. The fraction of sp³-hybridized carbons (Fsp3) is 0.308. The molecule has 6 heteroatoms. The third-order valence-electron chi connectivity index (χ3n) is 3.09. The Bertz CT molecular complexity index is 605. The van der Waals surface area contributed by atoms with Gasteiger partial charge in [-0.2, -0.15) is 16.7 Å². The van der Waals surface area contributed by atoms with Crippen molar-refractivity contribution in [3.8, 4) is 11.4 Å². The highest BCUT2D eigenvalue weighted by Crippen LogP contribution is 2.32. The summed E-state index contributed by atoms with van der Waals surface area (Å²) in [4.78, 5) is 15.3. The number of rotatable bonds is 3. The summed E-state index contributed by atoms with van der Waals surface area (Å²) in [7, 11) is 0. The molecule has 1 aromatic carbocycles. The van der Waals surface area contributed by atoms with E-state index in [1.807, 2.05) is 11.8 Å². The van der Waals surface area contributed by atoms with E-state index in [0.29, 0.717) is 23.2 Å². The predicted molar refractivity (Wildman–Crippen MR) is 71.4 cm³/mol. The van der Waals surface area contributed by atoms with Gasteiger partial charge in [0.25, 0.3) is 0 Å². The van der Waals surface area contributed by atoms with Crippen molar-refractivity contribution >= 4 is 17.7 Å². The first-order valence-electron chi connectivity index (χ1n) is 5.99. The van der Waals surface area contributed by atoms with E-state index in [9.17, 15) is 4.79 Å². The number of carboxylic acid groups (broad SMARTS) is 1. The Hall–Kier alpha value is -1.82. The Kier molecular flexibility index (Phi) is 3.25. The second-order valence-corrected chi connectivity index (χ2v) is 5.55. The van der Waals surface area contributed by atoms with Crippen LogP contribution in [0.3, 0.4) is 0 Å². The average molecular weight is 276 g/mol. The highest BCUT2D eigenvalue weighted by molar-refractivity contribution is 7.99. The molecule has 0 saturated carbocycles. The van der Waals surface area contributed by atoms with Crippen molar-refractivity contribution in [2.45, 2.75) is 12.3 Å². The standard InChI is InChI=1S/C13H12N2O3S/c16-13(17)9-3-1-2-8(6-9)11-14-12(18-15-11)10-4-5-19-7-10/h1-3,6,10H,4-5,7H2,(H,16,17). The highest BCUT2D eigenvalue weighted by atomic mass is 32.2. The fourth-order valence-corrected chi connectivity index (χ4v) is 3.25. The van der Waals surface area contributed by atoms with Crippen LogP contribution in [0.25, 0.3) is 11.4 Å². The van der Waals surface area contributed by atoms with Crippen LogP contribution in [0.4, 0.5) is 0 Å². The molecule has 1 aliphatic rings. The molecule has 1 saturated heterocycles. The Morgan fingerprint density at radius 2 is 2.37 bits per heavy atom. The van der Waals surface area contributed by atoms with E-state index in [1.54, 1.807) is 24.3 Å². The zero-order valence-electron chi connectivity index (χ0n) is 10.1. The topological polar surface area (TPSA) is 76.2 Å². The zero-order chi connectivity index (χ0) is 13.2. The lowest BCUT2D eigenvalue weighted by Gasteiger charge is -1.99. The Balaban J connectivity index is 1.89. The van der Waals surface area contributed by atoms with Crippen LogP contribution in [0.1, 0.15) is 28.6 Å². The van der Waals surface area contributed by atoms with E-state index in [-0.39, 0.29) is 5.56 Å². The number of carboxylic acids is 1. The predicted octanol–water partition coefficient (Wildman–Crippen LogP) is 2.66. The smallest absolute Gasteiger partial charge is 0.335 e. The lowest BCUT2D eigenvalue weighted by Crippen LogP contribution is -1.97. The van der Waals surface area contributed by atoms with Crippen LogP contribution in [0.15, 0.2) is 28.8 Å². The molecule has 1 aromatic heterocycles. The molecule has 2 aromatic rings. The molecule has 1 N–H and O–H groups in total. The number of aromatic nitrogens is 2. The maximum absolute atomic E-state index is 10.9. The summed E-state index contributed by atoms with van der Waals surface area (Å²) in [6.45, 7) is 0. The number of nitrogens with zero attached hydrogens (tertiary/aromatic N) is 2. The van der Waals surface area contributed by atoms with Crippen molar-refractivity contribution in [2.75, 3.05) is 11.5 Å². The quantitative estimate of drug-likeness (QED) is 0.928. The minimum atomic E-state index is -0.960. The number of thioether (sulfide) groups is 1.